The van der Waals surface area contributed by atoms with Crippen molar-refractivity contribution >= 4 is 5.91 Å². The summed E-state index contributed by atoms with van der Waals surface area (Å²) in [4.78, 5) is 16.4. The van der Waals surface area contributed by atoms with Gasteiger partial charge in [-0.3, -0.25) is 4.79 Å². The van der Waals surface area contributed by atoms with Gasteiger partial charge in [-0.2, -0.15) is 5.10 Å². The Hall–Kier alpha value is -2.17. The van der Waals surface area contributed by atoms with Crippen molar-refractivity contribution in [3.63, 3.8) is 0 Å². The molecule has 1 N–H and O–H groups in total. The van der Waals surface area contributed by atoms with E-state index in [1.807, 2.05) is 12.1 Å². The van der Waals surface area contributed by atoms with Crippen LogP contribution in [0.4, 0.5) is 0 Å². The second-order valence-corrected chi connectivity index (χ2v) is 6.27. The van der Waals surface area contributed by atoms with E-state index in [1.165, 1.54) is 37.6 Å². The molecule has 0 radical (unpaired) electrons. The molecule has 3 rings (SSSR count). The smallest absolute Gasteiger partial charge is 0.223 e. The number of aromatic nitrogens is 3. The van der Waals surface area contributed by atoms with Crippen molar-refractivity contribution in [3.05, 3.63) is 48.0 Å². The molecule has 1 aromatic carbocycles. The highest BCUT2D eigenvalue weighted by atomic mass is 16.1. The van der Waals surface area contributed by atoms with Gasteiger partial charge in [-0.05, 0) is 24.0 Å². The fourth-order valence-electron chi connectivity index (χ4n) is 3.24. The molecule has 5 nitrogen and oxygen atoms in total. The third kappa shape index (κ3) is 4.41. The van der Waals surface area contributed by atoms with Crippen LogP contribution in [0.1, 0.15) is 49.7 Å². The Kier molecular flexibility index (Phi) is 5.40. The summed E-state index contributed by atoms with van der Waals surface area (Å²) in [5, 5.41) is 7.28. The lowest BCUT2D eigenvalue weighted by atomic mass is 9.99. The third-order valence-corrected chi connectivity index (χ3v) is 4.60. The van der Waals surface area contributed by atoms with E-state index in [0.717, 1.165) is 18.4 Å². The Morgan fingerprint density at radius 2 is 1.87 bits per heavy atom. The van der Waals surface area contributed by atoms with Crippen molar-refractivity contribution < 1.29 is 4.79 Å². The molecule has 1 saturated carbocycles. The SMILES string of the molecule is O=C(NCc1ccccc1Cn1cncn1)C1CCCCCC1. The fourth-order valence-corrected chi connectivity index (χ4v) is 3.24. The largest absolute Gasteiger partial charge is 0.352 e. The van der Waals surface area contributed by atoms with Crippen LogP contribution in [0.15, 0.2) is 36.9 Å². The van der Waals surface area contributed by atoms with Crippen molar-refractivity contribution in [2.75, 3.05) is 0 Å². The number of hydrogen-bond acceptors (Lipinski definition) is 3. The maximum Gasteiger partial charge on any atom is 0.223 e. The number of nitrogens with one attached hydrogen (secondary N) is 1. The number of carbonyl (C=O) groups excluding carboxylic acids is 1. The topological polar surface area (TPSA) is 59.8 Å². The number of benzene rings is 1. The first-order valence-corrected chi connectivity index (χ1v) is 8.50. The van der Waals surface area contributed by atoms with E-state index in [2.05, 4.69) is 27.5 Å². The standard InChI is InChI=1S/C18H24N4O/c23-18(15-7-3-1-2-4-8-15)20-11-16-9-5-6-10-17(16)12-22-14-19-13-21-22/h5-6,9-10,13-15H,1-4,7-8,11-12H2,(H,20,23). The van der Waals surface area contributed by atoms with Crippen molar-refractivity contribution in [2.24, 2.45) is 5.92 Å². The Bertz CT molecular complexity index is 616. The molecule has 5 heteroatoms. The van der Waals surface area contributed by atoms with Crippen LogP contribution in [-0.4, -0.2) is 20.7 Å². The van der Waals surface area contributed by atoms with E-state index < -0.39 is 0 Å². The lowest BCUT2D eigenvalue weighted by Crippen LogP contribution is -2.30. The van der Waals surface area contributed by atoms with Crippen LogP contribution in [0.2, 0.25) is 0 Å². The number of nitrogens with zero attached hydrogens (tertiary/aromatic N) is 3. The van der Waals surface area contributed by atoms with E-state index in [-0.39, 0.29) is 11.8 Å². The molecule has 1 aromatic heterocycles. The summed E-state index contributed by atoms with van der Waals surface area (Å²) in [5.74, 6) is 0.405. The lowest BCUT2D eigenvalue weighted by Gasteiger charge is -2.15. The molecular weight excluding hydrogens is 288 g/mol. The molecule has 0 unspecified atom stereocenters. The third-order valence-electron chi connectivity index (χ3n) is 4.60. The van der Waals surface area contributed by atoms with Gasteiger partial charge in [0.05, 0.1) is 6.54 Å². The Morgan fingerprint density at radius 1 is 1.13 bits per heavy atom. The quantitative estimate of drug-likeness (QED) is 0.864. The van der Waals surface area contributed by atoms with E-state index in [4.69, 9.17) is 0 Å². The lowest BCUT2D eigenvalue weighted by molar-refractivity contribution is -0.125. The van der Waals surface area contributed by atoms with Crippen LogP contribution in [0.5, 0.6) is 0 Å². The molecule has 0 saturated heterocycles. The van der Waals surface area contributed by atoms with Crippen LogP contribution in [-0.2, 0) is 17.9 Å². The molecule has 1 heterocycles. The zero-order chi connectivity index (χ0) is 15.9. The molecule has 0 atom stereocenters. The number of carbonyl (C=O) groups is 1. The molecule has 1 fully saturated rings. The number of rotatable bonds is 5. The molecular formula is C18H24N4O. The van der Waals surface area contributed by atoms with Crippen molar-refractivity contribution in [2.45, 2.75) is 51.6 Å². The molecule has 23 heavy (non-hydrogen) atoms. The summed E-state index contributed by atoms with van der Waals surface area (Å²) in [7, 11) is 0. The Balaban J connectivity index is 1.60. The second-order valence-electron chi connectivity index (χ2n) is 6.27. The average Bonchev–Trinajstić information content (AvgIpc) is 2.93. The average molecular weight is 312 g/mol. The monoisotopic (exact) mass is 312 g/mol. The highest BCUT2D eigenvalue weighted by Crippen LogP contribution is 2.23. The molecule has 1 amide bonds. The molecule has 1 aliphatic rings. The minimum absolute atomic E-state index is 0.194. The second kappa shape index (κ2) is 7.90. The van der Waals surface area contributed by atoms with Gasteiger partial charge >= 0.3 is 0 Å². The van der Waals surface area contributed by atoms with Crippen LogP contribution in [0, 0.1) is 5.92 Å². The maximum atomic E-state index is 12.4. The first kappa shape index (κ1) is 15.7. The van der Waals surface area contributed by atoms with Gasteiger partial charge < -0.3 is 5.32 Å². The molecule has 1 aliphatic carbocycles. The molecule has 2 aromatic rings. The summed E-state index contributed by atoms with van der Waals surface area (Å²) in [5.41, 5.74) is 2.31. The van der Waals surface area contributed by atoms with Gasteiger partial charge in [0.1, 0.15) is 12.7 Å². The summed E-state index contributed by atoms with van der Waals surface area (Å²) in [6.45, 7) is 1.26. The van der Waals surface area contributed by atoms with Crippen LogP contribution >= 0.6 is 0 Å². The molecule has 0 bridgehead atoms. The number of hydrogen-bond donors (Lipinski definition) is 1. The van der Waals surface area contributed by atoms with E-state index in [1.54, 1.807) is 11.0 Å². The Morgan fingerprint density at radius 3 is 2.57 bits per heavy atom. The van der Waals surface area contributed by atoms with Gasteiger partial charge in [0, 0.05) is 12.5 Å². The summed E-state index contributed by atoms with van der Waals surface area (Å²) < 4.78 is 1.80. The van der Waals surface area contributed by atoms with Crippen molar-refractivity contribution in [1.82, 2.24) is 20.1 Å². The minimum atomic E-state index is 0.194. The number of amides is 1. The fraction of sp³-hybridized carbons (Fsp3) is 0.500. The van der Waals surface area contributed by atoms with E-state index in [9.17, 15) is 4.79 Å². The van der Waals surface area contributed by atoms with Crippen molar-refractivity contribution in [3.8, 4) is 0 Å². The normalized spacial score (nSPS) is 16.0. The van der Waals surface area contributed by atoms with Gasteiger partial charge in [0.25, 0.3) is 0 Å². The van der Waals surface area contributed by atoms with Gasteiger partial charge in [0.15, 0.2) is 0 Å². The summed E-state index contributed by atoms with van der Waals surface area (Å²) in [6, 6.07) is 8.18. The van der Waals surface area contributed by atoms with Gasteiger partial charge in [-0.25, -0.2) is 9.67 Å². The molecule has 0 aliphatic heterocycles. The first-order valence-electron chi connectivity index (χ1n) is 8.50. The van der Waals surface area contributed by atoms with Gasteiger partial charge in [0.2, 0.25) is 5.91 Å². The predicted octanol–water partition coefficient (Wildman–Crippen LogP) is 2.91. The zero-order valence-corrected chi connectivity index (χ0v) is 13.4. The van der Waals surface area contributed by atoms with Gasteiger partial charge in [-0.15, -0.1) is 0 Å². The molecule has 0 spiro atoms. The maximum absolute atomic E-state index is 12.4. The molecule has 122 valence electrons. The van der Waals surface area contributed by atoms with Crippen molar-refractivity contribution in [1.29, 1.82) is 0 Å². The Labute approximate surface area is 137 Å². The van der Waals surface area contributed by atoms with Crippen LogP contribution in [0.3, 0.4) is 0 Å². The summed E-state index contributed by atoms with van der Waals surface area (Å²) >= 11 is 0. The van der Waals surface area contributed by atoms with Crippen LogP contribution in [0.25, 0.3) is 0 Å². The first-order chi connectivity index (χ1) is 11.3. The van der Waals surface area contributed by atoms with Crippen LogP contribution < -0.4 is 5.32 Å². The highest BCUT2D eigenvalue weighted by Gasteiger charge is 2.19. The van der Waals surface area contributed by atoms with Gasteiger partial charge in [-0.1, -0.05) is 49.9 Å². The van der Waals surface area contributed by atoms with E-state index >= 15 is 0 Å². The van der Waals surface area contributed by atoms with E-state index in [0.29, 0.717) is 13.1 Å². The summed E-state index contributed by atoms with van der Waals surface area (Å²) in [6.07, 6.45) is 10.2. The highest BCUT2D eigenvalue weighted by molar-refractivity contribution is 5.78. The zero-order valence-electron chi connectivity index (χ0n) is 13.4. The minimum Gasteiger partial charge on any atom is -0.352 e. The predicted molar refractivity (Wildman–Crippen MR) is 88.6 cm³/mol.